The number of hydrogen-bond donors (Lipinski definition) is 1. The van der Waals surface area contributed by atoms with E-state index >= 15 is 0 Å². The molecule has 0 saturated heterocycles. The molecule has 1 N–H and O–H groups in total. The number of aromatic amines is 1. The second-order valence-corrected chi connectivity index (χ2v) is 7.91. The number of H-pyrrole nitrogens is 1. The maximum atomic E-state index is 13.4. The van der Waals surface area contributed by atoms with E-state index in [0.717, 1.165) is 10.9 Å². The van der Waals surface area contributed by atoms with Crippen LogP contribution in [0.4, 0.5) is 4.39 Å². The number of carbonyl (C=O) groups is 1. The van der Waals surface area contributed by atoms with Crippen molar-refractivity contribution in [3.8, 4) is 5.75 Å². The molecule has 182 valence electrons. The van der Waals surface area contributed by atoms with Crippen molar-refractivity contribution in [2.75, 3.05) is 13.7 Å². The predicted octanol–water partition coefficient (Wildman–Crippen LogP) is 2.43. The summed E-state index contributed by atoms with van der Waals surface area (Å²) in [7, 11) is 1.58. The van der Waals surface area contributed by atoms with Crippen LogP contribution in [0.25, 0.3) is 10.9 Å². The molecule has 0 atom stereocenters. The van der Waals surface area contributed by atoms with E-state index in [9.17, 15) is 14.0 Å². The summed E-state index contributed by atoms with van der Waals surface area (Å²) in [5.41, 5.74) is 1.84. The number of hydrogen-bond acceptors (Lipinski definition) is 8. The Labute approximate surface area is 200 Å². The fourth-order valence-electron chi connectivity index (χ4n) is 3.72. The first kappa shape index (κ1) is 24.0. The predicted molar refractivity (Wildman–Crippen MR) is 125 cm³/mol. The molecule has 0 saturated carbocycles. The number of nitrogens with zero attached hydrogens (tertiary/aromatic N) is 5. The van der Waals surface area contributed by atoms with Gasteiger partial charge in [-0.1, -0.05) is 12.1 Å². The van der Waals surface area contributed by atoms with Gasteiger partial charge in [0.2, 0.25) is 0 Å². The molecule has 11 heteroatoms. The number of methoxy groups -OCH3 is 1. The molecule has 0 aliphatic rings. The van der Waals surface area contributed by atoms with Crippen LogP contribution >= 0.6 is 0 Å². The van der Waals surface area contributed by atoms with Gasteiger partial charge in [0.1, 0.15) is 18.1 Å². The van der Waals surface area contributed by atoms with Crippen LogP contribution in [0, 0.1) is 5.82 Å². The summed E-state index contributed by atoms with van der Waals surface area (Å²) in [6.07, 6.45) is 0. The Morgan fingerprint density at radius 2 is 1.91 bits per heavy atom. The lowest BCUT2D eigenvalue weighted by Crippen LogP contribution is -2.28. The van der Waals surface area contributed by atoms with Crippen molar-refractivity contribution < 1.29 is 18.7 Å². The number of fused-ring (bicyclic) bond motifs is 1. The van der Waals surface area contributed by atoms with Crippen molar-refractivity contribution in [1.29, 1.82) is 0 Å². The van der Waals surface area contributed by atoms with Crippen molar-refractivity contribution >= 4 is 16.9 Å². The van der Waals surface area contributed by atoms with E-state index in [1.165, 1.54) is 16.8 Å². The highest BCUT2D eigenvalue weighted by Crippen LogP contribution is 2.20. The first-order chi connectivity index (χ1) is 16.9. The van der Waals surface area contributed by atoms with Crippen molar-refractivity contribution in [3.05, 3.63) is 81.7 Å². The van der Waals surface area contributed by atoms with Gasteiger partial charge in [0.05, 0.1) is 20.3 Å². The number of esters is 1. The van der Waals surface area contributed by atoms with Gasteiger partial charge in [0.25, 0.3) is 5.56 Å². The average Bonchev–Trinajstić information content (AvgIpc) is 3.27. The first-order valence-electron chi connectivity index (χ1n) is 11.0. The van der Waals surface area contributed by atoms with Crippen LogP contribution in [0.15, 0.2) is 53.3 Å². The summed E-state index contributed by atoms with van der Waals surface area (Å²) in [5, 5.41) is 12.5. The number of carbonyl (C=O) groups excluding carboxylic acids is 1. The molecule has 2 aromatic heterocycles. The summed E-state index contributed by atoms with van der Waals surface area (Å²) < 4.78 is 25.1. The minimum Gasteiger partial charge on any atom is -0.497 e. The molecule has 35 heavy (non-hydrogen) atoms. The number of benzene rings is 2. The Morgan fingerprint density at radius 1 is 1.11 bits per heavy atom. The van der Waals surface area contributed by atoms with Crippen LogP contribution in [0.1, 0.15) is 23.9 Å². The topological polar surface area (TPSA) is 115 Å². The summed E-state index contributed by atoms with van der Waals surface area (Å²) in [4.78, 5) is 29.6. The van der Waals surface area contributed by atoms with Gasteiger partial charge in [-0.3, -0.25) is 14.5 Å². The molecule has 4 rings (SSSR count). The van der Waals surface area contributed by atoms with Crippen molar-refractivity contribution in [2.24, 2.45) is 0 Å². The zero-order chi connectivity index (χ0) is 24.8. The van der Waals surface area contributed by atoms with E-state index in [4.69, 9.17) is 9.47 Å². The molecular weight excluding hydrogens is 455 g/mol. The van der Waals surface area contributed by atoms with Crippen LogP contribution in [-0.2, 0) is 35.7 Å². The standard InChI is InChI=1S/C24H25FN6O4/c1-3-35-23(32)15-31-22(27-28-29-31)14-30(12-16-4-6-19(25)7-5-16)13-18-10-17-11-20(34-2)8-9-21(17)26-24(18)33/h4-11H,3,12-15H2,1-2H3,(H,26,33). The Bertz CT molecular complexity index is 1370. The van der Waals surface area contributed by atoms with Gasteiger partial charge in [-0.2, -0.15) is 0 Å². The lowest BCUT2D eigenvalue weighted by atomic mass is 10.1. The molecule has 0 aliphatic heterocycles. The normalized spacial score (nSPS) is 11.2. The van der Waals surface area contributed by atoms with Gasteiger partial charge in [0.15, 0.2) is 5.82 Å². The lowest BCUT2D eigenvalue weighted by Gasteiger charge is -2.22. The highest BCUT2D eigenvalue weighted by atomic mass is 19.1. The fraction of sp³-hybridized carbons (Fsp3) is 0.292. The summed E-state index contributed by atoms with van der Waals surface area (Å²) >= 11 is 0. The Balaban J connectivity index is 1.63. The molecule has 0 amide bonds. The minimum absolute atomic E-state index is 0.128. The highest BCUT2D eigenvalue weighted by Gasteiger charge is 2.17. The van der Waals surface area contributed by atoms with Crippen LogP contribution in [-0.4, -0.2) is 49.8 Å². The zero-order valence-corrected chi connectivity index (χ0v) is 19.4. The molecule has 0 radical (unpaired) electrons. The molecule has 0 bridgehead atoms. The maximum Gasteiger partial charge on any atom is 0.327 e. The quantitative estimate of drug-likeness (QED) is 0.344. The van der Waals surface area contributed by atoms with Crippen LogP contribution in [0.2, 0.25) is 0 Å². The Hall–Kier alpha value is -4.12. The average molecular weight is 481 g/mol. The Kier molecular flexibility index (Phi) is 7.46. The SMILES string of the molecule is CCOC(=O)Cn1nnnc1CN(Cc1ccc(F)cc1)Cc1cc2cc(OC)ccc2[nH]c1=O. The Morgan fingerprint density at radius 3 is 2.66 bits per heavy atom. The second-order valence-electron chi connectivity index (χ2n) is 7.91. The number of nitrogens with one attached hydrogen (secondary N) is 1. The van der Waals surface area contributed by atoms with Crippen molar-refractivity contribution in [3.63, 3.8) is 0 Å². The lowest BCUT2D eigenvalue weighted by molar-refractivity contribution is -0.144. The molecule has 0 aliphatic carbocycles. The van der Waals surface area contributed by atoms with Gasteiger partial charge in [0, 0.05) is 29.6 Å². The van der Waals surface area contributed by atoms with E-state index in [2.05, 4.69) is 20.5 Å². The number of ether oxygens (including phenoxy) is 2. The minimum atomic E-state index is -0.453. The molecule has 2 heterocycles. The van der Waals surface area contributed by atoms with Gasteiger partial charge in [-0.05, 0) is 59.3 Å². The summed E-state index contributed by atoms with van der Waals surface area (Å²) in [6, 6.07) is 13.4. The van der Waals surface area contributed by atoms with Gasteiger partial charge in [-0.25, -0.2) is 9.07 Å². The molecule has 10 nitrogen and oxygen atoms in total. The molecule has 0 spiro atoms. The number of pyridine rings is 1. The molecular formula is C24H25FN6O4. The number of rotatable bonds is 10. The van der Waals surface area contributed by atoms with Gasteiger partial charge in [-0.15, -0.1) is 5.10 Å². The van der Waals surface area contributed by atoms with E-state index in [1.54, 1.807) is 38.3 Å². The first-order valence-corrected chi connectivity index (χ1v) is 11.0. The largest absolute Gasteiger partial charge is 0.497 e. The van der Waals surface area contributed by atoms with E-state index in [1.807, 2.05) is 17.0 Å². The number of aromatic nitrogens is 5. The van der Waals surface area contributed by atoms with E-state index in [0.29, 0.717) is 29.2 Å². The summed E-state index contributed by atoms with van der Waals surface area (Å²) in [6.45, 7) is 2.73. The third-order valence-corrected chi connectivity index (χ3v) is 5.40. The van der Waals surface area contributed by atoms with Crippen LogP contribution in [0.3, 0.4) is 0 Å². The van der Waals surface area contributed by atoms with Crippen LogP contribution in [0.5, 0.6) is 5.75 Å². The van der Waals surface area contributed by atoms with Crippen molar-refractivity contribution in [1.82, 2.24) is 30.1 Å². The number of halogens is 1. The maximum absolute atomic E-state index is 13.4. The number of tetrazole rings is 1. The van der Waals surface area contributed by atoms with Crippen molar-refractivity contribution in [2.45, 2.75) is 33.1 Å². The third kappa shape index (κ3) is 6.07. The molecule has 4 aromatic rings. The van der Waals surface area contributed by atoms with Gasteiger partial charge >= 0.3 is 5.97 Å². The fourth-order valence-corrected chi connectivity index (χ4v) is 3.72. The van der Waals surface area contributed by atoms with Gasteiger partial charge < -0.3 is 14.5 Å². The monoisotopic (exact) mass is 480 g/mol. The zero-order valence-electron chi connectivity index (χ0n) is 19.4. The molecule has 2 aromatic carbocycles. The summed E-state index contributed by atoms with van der Waals surface area (Å²) in [5.74, 6) is 0.320. The molecule has 0 unspecified atom stereocenters. The van der Waals surface area contributed by atoms with E-state index < -0.39 is 5.97 Å². The molecule has 0 fully saturated rings. The third-order valence-electron chi connectivity index (χ3n) is 5.40. The van der Waals surface area contributed by atoms with Crippen LogP contribution < -0.4 is 10.3 Å². The second kappa shape index (κ2) is 10.9. The smallest absolute Gasteiger partial charge is 0.327 e. The highest BCUT2D eigenvalue weighted by molar-refractivity contribution is 5.80. The van der Waals surface area contributed by atoms with E-state index in [-0.39, 0.29) is 37.6 Å².